The van der Waals surface area contributed by atoms with Crippen LogP contribution in [0.5, 0.6) is 0 Å². The van der Waals surface area contributed by atoms with Gasteiger partial charge in [0.1, 0.15) is 0 Å². The SMILES string of the molecule is C.C/C=C/C=C/C.CC. The van der Waals surface area contributed by atoms with Crippen molar-refractivity contribution >= 4 is 0 Å². The van der Waals surface area contributed by atoms with E-state index in [1.54, 1.807) is 0 Å². The largest absolute Gasteiger partial charge is 0.0877 e. The van der Waals surface area contributed by atoms with E-state index in [2.05, 4.69) is 0 Å². The molecule has 0 radical (unpaired) electrons. The number of allylic oxidation sites excluding steroid dienone is 4. The Balaban J connectivity index is -0.000000109. The highest BCUT2D eigenvalue weighted by molar-refractivity contribution is 4.98. The Hall–Kier alpha value is -0.520. The molecule has 0 atom stereocenters. The van der Waals surface area contributed by atoms with E-state index in [1.165, 1.54) is 0 Å². The third-order valence-corrected chi connectivity index (χ3v) is 0.496. The van der Waals surface area contributed by atoms with Crippen molar-refractivity contribution in [2.45, 2.75) is 35.1 Å². The van der Waals surface area contributed by atoms with Gasteiger partial charge in [-0.2, -0.15) is 0 Å². The van der Waals surface area contributed by atoms with E-state index >= 15 is 0 Å². The van der Waals surface area contributed by atoms with Crippen LogP contribution in [0, 0.1) is 0 Å². The Bertz CT molecular complexity index is 48.4. The van der Waals surface area contributed by atoms with E-state index < -0.39 is 0 Å². The molecule has 0 amide bonds. The topological polar surface area (TPSA) is 0 Å². The second-order valence-electron chi connectivity index (χ2n) is 1.05. The van der Waals surface area contributed by atoms with Crippen molar-refractivity contribution in [3.8, 4) is 0 Å². The lowest BCUT2D eigenvalue weighted by Gasteiger charge is -1.62. The maximum atomic E-state index is 2.00. The molecule has 0 bridgehead atoms. The second kappa shape index (κ2) is 25.9. The van der Waals surface area contributed by atoms with Crippen molar-refractivity contribution in [3.63, 3.8) is 0 Å². The molecule has 0 nitrogen and oxygen atoms in total. The summed E-state index contributed by atoms with van der Waals surface area (Å²) in [6.07, 6.45) is 8.00. The first-order valence-electron chi connectivity index (χ1n) is 3.15. The molecule has 0 aliphatic heterocycles. The molecule has 0 N–H and O–H groups in total. The Morgan fingerprint density at radius 3 is 1.11 bits per heavy atom. The van der Waals surface area contributed by atoms with Crippen LogP contribution in [0.4, 0.5) is 0 Å². The van der Waals surface area contributed by atoms with Crippen molar-refractivity contribution in [3.05, 3.63) is 24.3 Å². The molecule has 0 fully saturated rings. The Morgan fingerprint density at radius 1 is 0.778 bits per heavy atom. The summed E-state index contributed by atoms with van der Waals surface area (Å²) in [7, 11) is 0. The molecule has 0 heterocycles. The van der Waals surface area contributed by atoms with Gasteiger partial charge in [0.05, 0.1) is 0 Å². The van der Waals surface area contributed by atoms with Crippen LogP contribution < -0.4 is 0 Å². The molecule has 0 aromatic heterocycles. The number of hydrogen-bond donors (Lipinski definition) is 0. The Kier molecular flexibility index (Phi) is 45.5. The van der Waals surface area contributed by atoms with E-state index in [1.807, 2.05) is 52.0 Å². The van der Waals surface area contributed by atoms with Gasteiger partial charge in [0.15, 0.2) is 0 Å². The molecule has 56 valence electrons. The van der Waals surface area contributed by atoms with Crippen LogP contribution in [0.3, 0.4) is 0 Å². The zero-order chi connectivity index (χ0) is 6.83. The standard InChI is InChI=1S/C6H10.C2H6.CH4/c1-3-5-6-4-2;1-2;/h3-6H,1-2H3;1-2H3;1H4/b5-3+,6-4+;;. The molecule has 0 saturated heterocycles. The van der Waals surface area contributed by atoms with Crippen molar-refractivity contribution in [2.75, 3.05) is 0 Å². The van der Waals surface area contributed by atoms with Gasteiger partial charge < -0.3 is 0 Å². The van der Waals surface area contributed by atoms with Gasteiger partial charge in [-0.25, -0.2) is 0 Å². The summed E-state index contributed by atoms with van der Waals surface area (Å²) in [5, 5.41) is 0. The first-order chi connectivity index (χ1) is 3.91. The van der Waals surface area contributed by atoms with E-state index in [0.29, 0.717) is 0 Å². The molecular formula is C9H20. The molecule has 0 heteroatoms. The maximum absolute atomic E-state index is 2.00. The van der Waals surface area contributed by atoms with Gasteiger partial charge in [-0.1, -0.05) is 45.6 Å². The Morgan fingerprint density at radius 2 is 1.00 bits per heavy atom. The van der Waals surface area contributed by atoms with Crippen molar-refractivity contribution in [1.29, 1.82) is 0 Å². The van der Waals surface area contributed by atoms with E-state index in [4.69, 9.17) is 0 Å². The molecule has 0 saturated carbocycles. The van der Waals surface area contributed by atoms with Crippen LogP contribution in [0.1, 0.15) is 35.1 Å². The first-order valence-corrected chi connectivity index (χ1v) is 3.15. The van der Waals surface area contributed by atoms with Gasteiger partial charge in [-0.05, 0) is 13.8 Å². The lowest BCUT2D eigenvalue weighted by atomic mass is 10.5. The molecule has 0 spiro atoms. The summed E-state index contributed by atoms with van der Waals surface area (Å²) in [5.41, 5.74) is 0. The minimum atomic E-state index is 0. The van der Waals surface area contributed by atoms with E-state index in [0.717, 1.165) is 0 Å². The van der Waals surface area contributed by atoms with Crippen molar-refractivity contribution in [2.24, 2.45) is 0 Å². The summed E-state index contributed by atoms with van der Waals surface area (Å²) >= 11 is 0. The fraction of sp³-hybridized carbons (Fsp3) is 0.556. The highest BCUT2D eigenvalue weighted by atomic mass is 13.6. The summed E-state index contributed by atoms with van der Waals surface area (Å²) in [4.78, 5) is 0. The lowest BCUT2D eigenvalue weighted by Crippen LogP contribution is -1.40. The Labute approximate surface area is 60.3 Å². The normalized spacial score (nSPS) is 8.44. The summed E-state index contributed by atoms with van der Waals surface area (Å²) < 4.78 is 0. The van der Waals surface area contributed by atoms with Gasteiger partial charge in [0, 0.05) is 0 Å². The molecule has 0 aliphatic rings. The molecule has 0 aliphatic carbocycles. The van der Waals surface area contributed by atoms with Gasteiger partial charge >= 0.3 is 0 Å². The zero-order valence-corrected chi connectivity index (χ0v) is 6.31. The minimum absolute atomic E-state index is 0. The maximum Gasteiger partial charge on any atom is -0.0467 e. The van der Waals surface area contributed by atoms with Crippen LogP contribution in [-0.2, 0) is 0 Å². The third kappa shape index (κ3) is 36.5. The molecule has 0 aromatic carbocycles. The smallest absolute Gasteiger partial charge is 0.0467 e. The second-order valence-corrected chi connectivity index (χ2v) is 1.05. The average Bonchev–Trinajstić information content (AvgIpc) is 1.88. The van der Waals surface area contributed by atoms with Crippen LogP contribution in [0.15, 0.2) is 24.3 Å². The number of rotatable bonds is 1. The fourth-order valence-corrected chi connectivity index (χ4v) is 0.222. The molecular weight excluding hydrogens is 108 g/mol. The minimum Gasteiger partial charge on any atom is -0.0877 e. The van der Waals surface area contributed by atoms with Gasteiger partial charge in [-0.15, -0.1) is 0 Å². The van der Waals surface area contributed by atoms with E-state index in [-0.39, 0.29) is 7.43 Å². The van der Waals surface area contributed by atoms with Crippen LogP contribution in [-0.4, -0.2) is 0 Å². The van der Waals surface area contributed by atoms with Crippen LogP contribution in [0.25, 0.3) is 0 Å². The summed E-state index contributed by atoms with van der Waals surface area (Å²) in [6, 6.07) is 0. The predicted molar refractivity (Wildman–Crippen MR) is 47.7 cm³/mol. The van der Waals surface area contributed by atoms with Crippen molar-refractivity contribution < 1.29 is 0 Å². The van der Waals surface area contributed by atoms with Crippen LogP contribution >= 0.6 is 0 Å². The summed E-state index contributed by atoms with van der Waals surface area (Å²) in [6.45, 7) is 8.00. The highest BCUT2D eigenvalue weighted by Gasteiger charge is 1.48. The van der Waals surface area contributed by atoms with Gasteiger partial charge in [0.2, 0.25) is 0 Å². The molecule has 0 aromatic rings. The fourth-order valence-electron chi connectivity index (χ4n) is 0.222. The van der Waals surface area contributed by atoms with Gasteiger partial charge in [-0.3, -0.25) is 0 Å². The quantitative estimate of drug-likeness (QED) is 0.471. The zero-order valence-electron chi connectivity index (χ0n) is 6.31. The monoisotopic (exact) mass is 128 g/mol. The predicted octanol–water partition coefficient (Wildman–Crippen LogP) is 3.80. The summed E-state index contributed by atoms with van der Waals surface area (Å²) in [5.74, 6) is 0. The van der Waals surface area contributed by atoms with Crippen LogP contribution in [0.2, 0.25) is 0 Å². The highest BCUT2D eigenvalue weighted by Crippen LogP contribution is 1.71. The molecule has 9 heavy (non-hydrogen) atoms. The van der Waals surface area contributed by atoms with Gasteiger partial charge in [0.25, 0.3) is 0 Å². The van der Waals surface area contributed by atoms with E-state index in [9.17, 15) is 0 Å². The average molecular weight is 128 g/mol. The first kappa shape index (κ1) is 15.8. The number of hydrogen-bond acceptors (Lipinski definition) is 0. The third-order valence-electron chi connectivity index (χ3n) is 0.496. The molecule has 0 rings (SSSR count). The lowest BCUT2D eigenvalue weighted by molar-refractivity contribution is 1.50. The molecule has 0 unspecified atom stereocenters. The van der Waals surface area contributed by atoms with Crippen molar-refractivity contribution in [1.82, 2.24) is 0 Å².